The van der Waals surface area contributed by atoms with Crippen LogP contribution in [0.1, 0.15) is 59.9 Å². The normalized spacial score (nSPS) is 13.3. The topological polar surface area (TPSA) is 70.7 Å². The summed E-state index contributed by atoms with van der Waals surface area (Å²) in [6.07, 6.45) is 2.70. The number of carbonyl (C=O) groups is 1. The minimum Gasteiger partial charge on any atom is -0.348 e. The molecule has 1 saturated carbocycles. The lowest BCUT2D eigenvalue weighted by molar-refractivity contribution is 0.0937. The summed E-state index contributed by atoms with van der Waals surface area (Å²) in [5.74, 6) is -0.0560. The number of nitrogens with zero attached hydrogens (tertiary/aromatic N) is 3. The van der Waals surface area contributed by atoms with Crippen LogP contribution in [0.2, 0.25) is 0 Å². The summed E-state index contributed by atoms with van der Waals surface area (Å²) >= 11 is 0. The number of carbonyl (C=O) groups excluding carboxylic acids is 1. The van der Waals surface area contributed by atoms with Crippen molar-refractivity contribution >= 4 is 5.91 Å². The van der Waals surface area contributed by atoms with E-state index in [0.29, 0.717) is 17.7 Å². The third-order valence-electron chi connectivity index (χ3n) is 5.14. The van der Waals surface area contributed by atoms with Crippen molar-refractivity contribution < 1.29 is 4.79 Å². The quantitative estimate of drug-likeness (QED) is 0.681. The lowest BCUT2D eigenvalue weighted by Crippen LogP contribution is -2.29. The van der Waals surface area contributed by atoms with Gasteiger partial charge in [-0.3, -0.25) is 9.48 Å². The molecule has 1 aliphatic rings. The van der Waals surface area contributed by atoms with E-state index in [4.69, 9.17) is 10.4 Å². The van der Waals surface area contributed by atoms with Crippen LogP contribution in [0.25, 0.3) is 11.3 Å². The number of nitrogens with one attached hydrogen (secondary N) is 1. The largest absolute Gasteiger partial charge is 0.348 e. The van der Waals surface area contributed by atoms with Gasteiger partial charge in [0.05, 0.1) is 17.3 Å². The van der Waals surface area contributed by atoms with Crippen LogP contribution in [-0.2, 0) is 6.42 Å². The molecule has 1 aromatic heterocycles. The number of rotatable bonds is 6. The Kier molecular flexibility index (Phi) is 5.18. The van der Waals surface area contributed by atoms with Crippen LogP contribution in [-0.4, -0.2) is 21.7 Å². The van der Waals surface area contributed by atoms with Crippen molar-refractivity contribution in [2.75, 3.05) is 0 Å². The Morgan fingerprint density at radius 1 is 1.17 bits per heavy atom. The lowest BCUT2D eigenvalue weighted by Gasteiger charge is -2.12. The maximum Gasteiger partial charge on any atom is 0.270 e. The van der Waals surface area contributed by atoms with Crippen LogP contribution in [0.15, 0.2) is 54.6 Å². The highest BCUT2D eigenvalue weighted by Crippen LogP contribution is 2.31. The van der Waals surface area contributed by atoms with Crippen LogP contribution in [0.4, 0.5) is 0 Å². The van der Waals surface area contributed by atoms with Gasteiger partial charge in [-0.1, -0.05) is 42.5 Å². The van der Waals surface area contributed by atoms with Crippen molar-refractivity contribution in [3.8, 4) is 17.3 Å². The molecule has 5 nitrogen and oxygen atoms in total. The maximum absolute atomic E-state index is 13.2. The Morgan fingerprint density at radius 3 is 2.45 bits per heavy atom. The molecule has 0 bridgehead atoms. The average Bonchev–Trinajstić information content (AvgIpc) is 3.46. The summed E-state index contributed by atoms with van der Waals surface area (Å²) in [5.41, 5.74) is 5.00. The van der Waals surface area contributed by atoms with Crippen molar-refractivity contribution in [3.05, 3.63) is 77.0 Å². The number of amides is 1. The first-order chi connectivity index (χ1) is 14.1. The Bertz CT molecular complexity index is 1050. The van der Waals surface area contributed by atoms with E-state index in [1.165, 1.54) is 0 Å². The fourth-order valence-electron chi connectivity index (χ4n) is 3.47. The van der Waals surface area contributed by atoms with Crippen molar-refractivity contribution in [1.82, 2.24) is 15.1 Å². The Hall–Kier alpha value is -3.39. The molecule has 1 heterocycles. The number of aromatic nitrogens is 2. The Morgan fingerprint density at radius 2 is 1.86 bits per heavy atom. The van der Waals surface area contributed by atoms with Crippen LogP contribution < -0.4 is 5.32 Å². The molecule has 3 aromatic rings. The highest BCUT2D eigenvalue weighted by Gasteiger charge is 2.30. The third kappa shape index (κ3) is 4.07. The highest BCUT2D eigenvalue weighted by atomic mass is 16.2. The van der Waals surface area contributed by atoms with Crippen molar-refractivity contribution in [3.63, 3.8) is 0 Å². The van der Waals surface area contributed by atoms with E-state index >= 15 is 0 Å². The summed E-state index contributed by atoms with van der Waals surface area (Å²) in [7, 11) is 0. The second-order valence-electron chi connectivity index (χ2n) is 7.81. The summed E-state index contributed by atoms with van der Waals surface area (Å²) in [6.45, 7) is 4.07. The average molecular weight is 384 g/mol. The number of hydrogen-bond acceptors (Lipinski definition) is 3. The molecule has 0 spiro atoms. The first kappa shape index (κ1) is 18.9. The van der Waals surface area contributed by atoms with Crippen molar-refractivity contribution in [2.24, 2.45) is 0 Å². The maximum atomic E-state index is 13.2. The molecule has 0 unspecified atom stereocenters. The lowest BCUT2D eigenvalue weighted by atomic mass is 9.98. The van der Waals surface area contributed by atoms with Crippen molar-refractivity contribution in [1.29, 1.82) is 5.26 Å². The molecule has 1 fully saturated rings. The number of nitriles is 1. The van der Waals surface area contributed by atoms with Crippen LogP contribution in [0.3, 0.4) is 0 Å². The van der Waals surface area contributed by atoms with Gasteiger partial charge in [0, 0.05) is 29.6 Å². The molecule has 0 saturated heterocycles. The molecule has 0 aliphatic heterocycles. The van der Waals surface area contributed by atoms with Gasteiger partial charge in [-0.05, 0) is 44.4 Å². The highest BCUT2D eigenvalue weighted by molar-refractivity contribution is 5.96. The molecular weight excluding hydrogens is 360 g/mol. The molecule has 1 amide bonds. The van der Waals surface area contributed by atoms with Gasteiger partial charge in [-0.25, -0.2) is 0 Å². The van der Waals surface area contributed by atoms with E-state index in [2.05, 4.69) is 23.5 Å². The molecule has 1 aliphatic carbocycles. The molecule has 29 heavy (non-hydrogen) atoms. The van der Waals surface area contributed by atoms with Gasteiger partial charge in [-0.15, -0.1) is 0 Å². The van der Waals surface area contributed by atoms with Crippen LogP contribution >= 0.6 is 0 Å². The monoisotopic (exact) mass is 384 g/mol. The Labute approximate surface area is 171 Å². The zero-order valence-electron chi connectivity index (χ0n) is 16.7. The second-order valence-corrected chi connectivity index (χ2v) is 7.81. The Balaban J connectivity index is 1.85. The molecular formula is C24H24N4O. The predicted molar refractivity (Wildman–Crippen MR) is 112 cm³/mol. The SMILES string of the molecule is CC(C)n1nc(-c2ccc(C#N)cc2)c(Cc2ccccc2)c1C(=O)NC1CC1. The first-order valence-electron chi connectivity index (χ1n) is 10.0. The summed E-state index contributed by atoms with van der Waals surface area (Å²) in [4.78, 5) is 13.2. The minimum atomic E-state index is -0.0560. The summed E-state index contributed by atoms with van der Waals surface area (Å²) < 4.78 is 1.84. The van der Waals surface area contributed by atoms with Gasteiger partial charge in [0.1, 0.15) is 5.69 Å². The van der Waals surface area contributed by atoms with Gasteiger partial charge < -0.3 is 5.32 Å². The van der Waals surface area contributed by atoms with Gasteiger partial charge in [0.25, 0.3) is 5.91 Å². The molecule has 4 rings (SSSR count). The van der Waals surface area contributed by atoms with E-state index < -0.39 is 0 Å². The molecule has 146 valence electrons. The zero-order valence-corrected chi connectivity index (χ0v) is 16.7. The summed E-state index contributed by atoms with van der Waals surface area (Å²) in [6, 6.07) is 20.0. The summed E-state index contributed by atoms with van der Waals surface area (Å²) in [5, 5.41) is 17.1. The minimum absolute atomic E-state index is 0.0524. The smallest absolute Gasteiger partial charge is 0.270 e. The van der Waals surface area contributed by atoms with E-state index in [1.807, 2.05) is 48.9 Å². The van der Waals surface area contributed by atoms with E-state index in [9.17, 15) is 4.79 Å². The molecule has 2 aromatic carbocycles. The fraction of sp³-hybridized carbons (Fsp3) is 0.292. The van der Waals surface area contributed by atoms with Crippen LogP contribution in [0, 0.1) is 11.3 Å². The molecule has 5 heteroatoms. The molecule has 1 N–H and O–H groups in total. The van der Waals surface area contributed by atoms with Gasteiger partial charge in [0.15, 0.2) is 0 Å². The molecule has 0 atom stereocenters. The third-order valence-corrected chi connectivity index (χ3v) is 5.14. The van der Waals surface area contributed by atoms with Gasteiger partial charge >= 0.3 is 0 Å². The van der Waals surface area contributed by atoms with Gasteiger partial charge in [0.2, 0.25) is 0 Å². The van der Waals surface area contributed by atoms with Crippen molar-refractivity contribution in [2.45, 2.75) is 45.2 Å². The van der Waals surface area contributed by atoms with Gasteiger partial charge in [-0.2, -0.15) is 10.4 Å². The number of hydrogen-bond donors (Lipinski definition) is 1. The van der Waals surface area contributed by atoms with Crippen LogP contribution in [0.5, 0.6) is 0 Å². The fourth-order valence-corrected chi connectivity index (χ4v) is 3.47. The van der Waals surface area contributed by atoms with E-state index in [0.717, 1.165) is 35.2 Å². The van der Waals surface area contributed by atoms with E-state index in [-0.39, 0.29) is 18.0 Å². The standard InChI is InChI=1S/C24H24N4O/c1-16(2)28-23(24(29)26-20-12-13-20)21(14-17-6-4-3-5-7-17)22(27-28)19-10-8-18(15-25)9-11-19/h3-11,16,20H,12-14H2,1-2H3,(H,26,29). The molecule has 0 radical (unpaired) electrons. The number of benzene rings is 2. The zero-order chi connectivity index (χ0) is 20.4. The predicted octanol–water partition coefficient (Wildman–Crippen LogP) is 4.49. The second kappa shape index (κ2) is 7.92. The first-order valence-corrected chi connectivity index (χ1v) is 10.0. The van der Waals surface area contributed by atoms with E-state index in [1.54, 1.807) is 12.1 Å².